The molecule has 94 valence electrons. The van der Waals surface area contributed by atoms with Gasteiger partial charge in [0.15, 0.2) is 0 Å². The Balaban J connectivity index is 2.52. The number of rotatable bonds is 3. The molecule has 0 spiro atoms. The van der Waals surface area contributed by atoms with Crippen molar-refractivity contribution in [2.75, 3.05) is 7.05 Å². The molecule has 0 aliphatic carbocycles. The van der Waals surface area contributed by atoms with E-state index in [0.717, 1.165) is 0 Å². The molecule has 2 aromatic rings. The van der Waals surface area contributed by atoms with Gasteiger partial charge in [-0.25, -0.2) is 8.78 Å². The van der Waals surface area contributed by atoms with Crippen LogP contribution in [0.4, 0.5) is 8.78 Å². The molecule has 0 saturated heterocycles. The van der Waals surface area contributed by atoms with Crippen molar-refractivity contribution in [2.45, 2.75) is 6.04 Å². The van der Waals surface area contributed by atoms with Gasteiger partial charge in [0.2, 0.25) is 0 Å². The van der Waals surface area contributed by atoms with Gasteiger partial charge in [-0.2, -0.15) is 0 Å². The van der Waals surface area contributed by atoms with Crippen LogP contribution in [-0.2, 0) is 0 Å². The maximum absolute atomic E-state index is 13.8. The molecule has 1 atom stereocenters. The van der Waals surface area contributed by atoms with Crippen molar-refractivity contribution >= 4 is 11.6 Å². The minimum Gasteiger partial charge on any atom is -0.309 e. The number of hydrogen-bond donors (Lipinski definition) is 1. The lowest BCUT2D eigenvalue weighted by Gasteiger charge is -2.18. The number of halogens is 3. The van der Waals surface area contributed by atoms with E-state index >= 15 is 0 Å². The summed E-state index contributed by atoms with van der Waals surface area (Å²) in [4.78, 5) is 0. The van der Waals surface area contributed by atoms with Crippen molar-refractivity contribution in [1.82, 2.24) is 5.32 Å². The lowest BCUT2D eigenvalue weighted by Crippen LogP contribution is -2.20. The average Bonchev–Trinajstić information content (AvgIpc) is 2.34. The molecule has 2 aromatic carbocycles. The third-order valence-corrected chi connectivity index (χ3v) is 2.99. The van der Waals surface area contributed by atoms with Crippen LogP contribution in [0.2, 0.25) is 5.02 Å². The van der Waals surface area contributed by atoms with E-state index in [0.29, 0.717) is 10.6 Å². The average molecular weight is 268 g/mol. The minimum absolute atomic E-state index is 0.00210. The molecule has 0 aliphatic rings. The van der Waals surface area contributed by atoms with Crippen LogP contribution in [0.1, 0.15) is 17.2 Å². The highest BCUT2D eigenvalue weighted by Crippen LogP contribution is 2.27. The normalized spacial score (nSPS) is 12.4. The molecule has 2 rings (SSSR count). The minimum atomic E-state index is -0.575. The third-order valence-electron chi connectivity index (χ3n) is 2.76. The fourth-order valence-corrected chi connectivity index (χ4v) is 2.15. The Hall–Kier alpha value is -1.45. The summed E-state index contributed by atoms with van der Waals surface area (Å²) in [6.45, 7) is 0. The van der Waals surface area contributed by atoms with Crippen molar-refractivity contribution < 1.29 is 8.78 Å². The highest BCUT2D eigenvalue weighted by molar-refractivity contribution is 6.30. The van der Waals surface area contributed by atoms with E-state index < -0.39 is 17.7 Å². The Labute approximate surface area is 109 Å². The Morgan fingerprint density at radius 1 is 1.06 bits per heavy atom. The highest BCUT2D eigenvalue weighted by Gasteiger charge is 2.20. The molecule has 0 amide bonds. The summed E-state index contributed by atoms with van der Waals surface area (Å²) in [5.41, 5.74) is 0.719. The van der Waals surface area contributed by atoms with Gasteiger partial charge in [0, 0.05) is 10.6 Å². The van der Waals surface area contributed by atoms with Gasteiger partial charge in [0.25, 0.3) is 0 Å². The van der Waals surface area contributed by atoms with Gasteiger partial charge >= 0.3 is 0 Å². The monoisotopic (exact) mass is 267 g/mol. The zero-order chi connectivity index (χ0) is 13.1. The van der Waals surface area contributed by atoms with Crippen molar-refractivity contribution in [3.8, 4) is 0 Å². The van der Waals surface area contributed by atoms with Gasteiger partial charge in [0.1, 0.15) is 11.6 Å². The third kappa shape index (κ3) is 2.52. The van der Waals surface area contributed by atoms with Crippen LogP contribution in [-0.4, -0.2) is 7.05 Å². The molecule has 0 aliphatic heterocycles. The predicted molar refractivity (Wildman–Crippen MR) is 68.7 cm³/mol. The van der Waals surface area contributed by atoms with E-state index in [2.05, 4.69) is 5.32 Å². The summed E-state index contributed by atoms with van der Waals surface area (Å²) in [7, 11) is 1.65. The summed E-state index contributed by atoms with van der Waals surface area (Å²) >= 11 is 5.90. The quantitative estimate of drug-likeness (QED) is 0.889. The molecule has 0 fully saturated rings. The van der Waals surface area contributed by atoms with Crippen LogP contribution < -0.4 is 5.32 Å². The van der Waals surface area contributed by atoms with Crippen molar-refractivity contribution in [3.05, 3.63) is 70.2 Å². The SMILES string of the molecule is CNC(c1cccc(Cl)c1)c1c(F)cccc1F. The van der Waals surface area contributed by atoms with Gasteiger partial charge in [-0.3, -0.25) is 0 Å². The second-order valence-electron chi connectivity index (χ2n) is 3.91. The summed E-state index contributed by atoms with van der Waals surface area (Å²) in [5, 5.41) is 3.44. The first-order valence-corrected chi connectivity index (χ1v) is 5.88. The zero-order valence-corrected chi connectivity index (χ0v) is 10.5. The second-order valence-corrected chi connectivity index (χ2v) is 4.35. The second kappa shape index (κ2) is 5.46. The summed E-state index contributed by atoms with van der Waals surface area (Å²) in [6, 6.07) is 10.2. The molecular weight excluding hydrogens is 256 g/mol. The zero-order valence-electron chi connectivity index (χ0n) is 9.75. The summed E-state index contributed by atoms with van der Waals surface area (Å²) in [5.74, 6) is -1.15. The molecule has 0 saturated carbocycles. The van der Waals surface area contributed by atoms with Crippen LogP contribution in [0.25, 0.3) is 0 Å². The van der Waals surface area contributed by atoms with E-state index in [1.807, 2.05) is 0 Å². The first-order chi connectivity index (χ1) is 8.63. The van der Waals surface area contributed by atoms with E-state index in [-0.39, 0.29) is 5.56 Å². The molecule has 1 unspecified atom stereocenters. The Kier molecular flexibility index (Phi) is 3.94. The van der Waals surface area contributed by atoms with E-state index in [1.165, 1.54) is 18.2 Å². The number of benzene rings is 2. The molecule has 0 heterocycles. The number of hydrogen-bond acceptors (Lipinski definition) is 1. The van der Waals surface area contributed by atoms with Crippen LogP contribution >= 0.6 is 11.6 Å². The van der Waals surface area contributed by atoms with Gasteiger partial charge in [-0.1, -0.05) is 29.8 Å². The first kappa shape index (κ1) is 13.0. The highest BCUT2D eigenvalue weighted by atomic mass is 35.5. The molecule has 4 heteroatoms. The van der Waals surface area contributed by atoms with Crippen molar-refractivity contribution in [1.29, 1.82) is 0 Å². The topological polar surface area (TPSA) is 12.0 Å². The Morgan fingerprint density at radius 3 is 2.22 bits per heavy atom. The Bertz CT molecular complexity index is 537. The molecule has 1 N–H and O–H groups in total. The molecule has 0 bridgehead atoms. The van der Waals surface area contributed by atoms with Crippen LogP contribution in [0.3, 0.4) is 0 Å². The van der Waals surface area contributed by atoms with Gasteiger partial charge in [0.05, 0.1) is 6.04 Å². The van der Waals surface area contributed by atoms with E-state index in [4.69, 9.17) is 11.6 Å². The van der Waals surface area contributed by atoms with Crippen LogP contribution in [0, 0.1) is 11.6 Å². The largest absolute Gasteiger partial charge is 0.309 e. The molecular formula is C14H12ClF2N. The van der Waals surface area contributed by atoms with E-state index in [9.17, 15) is 8.78 Å². The maximum atomic E-state index is 13.8. The molecule has 0 aromatic heterocycles. The van der Waals surface area contributed by atoms with Crippen LogP contribution in [0.15, 0.2) is 42.5 Å². The Morgan fingerprint density at radius 2 is 1.67 bits per heavy atom. The van der Waals surface area contributed by atoms with Gasteiger partial charge < -0.3 is 5.32 Å². The lowest BCUT2D eigenvalue weighted by atomic mass is 9.98. The van der Waals surface area contributed by atoms with Gasteiger partial charge in [-0.15, -0.1) is 0 Å². The summed E-state index contributed by atoms with van der Waals surface area (Å²) < 4.78 is 27.5. The van der Waals surface area contributed by atoms with Crippen molar-refractivity contribution in [3.63, 3.8) is 0 Å². The lowest BCUT2D eigenvalue weighted by molar-refractivity contribution is 0.522. The van der Waals surface area contributed by atoms with Crippen LogP contribution in [0.5, 0.6) is 0 Å². The fraction of sp³-hybridized carbons (Fsp3) is 0.143. The first-order valence-electron chi connectivity index (χ1n) is 5.50. The number of nitrogens with one attached hydrogen (secondary N) is 1. The smallest absolute Gasteiger partial charge is 0.131 e. The molecule has 0 radical (unpaired) electrons. The molecule has 18 heavy (non-hydrogen) atoms. The van der Waals surface area contributed by atoms with Crippen molar-refractivity contribution in [2.24, 2.45) is 0 Å². The summed E-state index contributed by atoms with van der Waals surface area (Å²) in [6.07, 6.45) is 0. The maximum Gasteiger partial charge on any atom is 0.131 e. The predicted octanol–water partition coefficient (Wildman–Crippen LogP) is 3.93. The van der Waals surface area contributed by atoms with E-state index in [1.54, 1.807) is 31.3 Å². The molecule has 1 nitrogen and oxygen atoms in total. The van der Waals surface area contributed by atoms with Gasteiger partial charge in [-0.05, 0) is 36.9 Å². The standard InChI is InChI=1S/C14H12ClF2N/c1-18-14(9-4-2-5-10(15)8-9)13-11(16)6-3-7-12(13)17/h2-8,14,18H,1H3. The fourth-order valence-electron chi connectivity index (χ4n) is 1.95.